The third-order valence-corrected chi connectivity index (χ3v) is 8.23. The van der Waals surface area contributed by atoms with Gasteiger partial charge in [0.25, 0.3) is 0 Å². The Kier molecular flexibility index (Phi) is 41.3. The van der Waals surface area contributed by atoms with Gasteiger partial charge in [-0.1, -0.05) is 186 Å². The van der Waals surface area contributed by atoms with Crippen molar-refractivity contribution in [2.45, 2.75) is 149 Å². The quantitative estimate of drug-likeness (QED) is 0.0207. The minimum Gasteiger partial charge on any atom is -0.462 e. The normalized spacial score (nSPS) is 13.5. The van der Waals surface area contributed by atoms with E-state index in [1.165, 1.54) is 12.8 Å². The predicted octanol–water partition coefficient (Wildman–Crippen LogP) is 14.1. The molecule has 0 aliphatic heterocycles. The molecule has 0 rings (SSSR count). The smallest absolute Gasteiger partial charge is 0.306 e. The van der Waals surface area contributed by atoms with Crippen molar-refractivity contribution in [3.8, 4) is 0 Å². The summed E-state index contributed by atoms with van der Waals surface area (Å²) in [6.45, 7) is 6.12. The lowest BCUT2D eigenvalue weighted by Gasteiger charge is -2.18. The number of carbonyl (C=O) groups excluding carboxylic acids is 3. The second-order valence-corrected chi connectivity index (χ2v) is 13.6. The monoisotopic (exact) mass is 797 g/mol. The first-order valence-electron chi connectivity index (χ1n) is 21.9. The molecule has 1 unspecified atom stereocenters. The highest BCUT2D eigenvalue weighted by atomic mass is 16.6. The highest BCUT2D eigenvalue weighted by molar-refractivity contribution is 5.71. The first-order chi connectivity index (χ1) is 28.5. The maximum atomic E-state index is 12.7. The summed E-state index contributed by atoms with van der Waals surface area (Å²) in [5, 5.41) is 0. The van der Waals surface area contributed by atoms with Crippen LogP contribution in [-0.2, 0) is 28.6 Å². The van der Waals surface area contributed by atoms with E-state index < -0.39 is 18.0 Å². The second-order valence-electron chi connectivity index (χ2n) is 13.6. The standard InChI is InChI=1S/C52H76O6/c1-4-7-10-13-16-19-22-24-25-26-28-30-33-36-39-42-45-51(54)57-48-49(47-56-50(53)44-41-38-35-32-29-21-18-15-12-9-6-3)58-52(55)46-43-40-37-34-31-27-23-20-17-14-11-8-5-2/h7-8,10-11,14-21,23-25,27-31,34,36-37,39,49H,4-6,9,12-13,22,26,32-33,35,38,40-48H2,1-3H3/b10-7-,11-8-,17-14-,18-15-,19-16-,23-20-,25-24-,29-21-,30-28-,31-27-,37-34-,39-36-. The molecule has 320 valence electrons. The maximum absolute atomic E-state index is 12.7. The van der Waals surface area contributed by atoms with Crippen molar-refractivity contribution in [1.82, 2.24) is 0 Å². The third-order valence-electron chi connectivity index (χ3n) is 8.23. The number of hydrogen-bond donors (Lipinski definition) is 0. The summed E-state index contributed by atoms with van der Waals surface area (Å²) in [5.41, 5.74) is 0. The van der Waals surface area contributed by atoms with Crippen LogP contribution in [0.4, 0.5) is 0 Å². The van der Waals surface area contributed by atoms with Crippen molar-refractivity contribution in [2.75, 3.05) is 13.2 Å². The van der Waals surface area contributed by atoms with Gasteiger partial charge in [0.15, 0.2) is 6.10 Å². The van der Waals surface area contributed by atoms with E-state index in [0.29, 0.717) is 19.3 Å². The molecule has 0 aliphatic carbocycles. The average Bonchev–Trinajstić information content (AvgIpc) is 3.22. The molecule has 0 aromatic heterocycles. The van der Waals surface area contributed by atoms with Crippen LogP contribution in [0.2, 0.25) is 0 Å². The molecule has 6 heteroatoms. The van der Waals surface area contributed by atoms with Crippen LogP contribution in [0.15, 0.2) is 146 Å². The summed E-state index contributed by atoms with van der Waals surface area (Å²) < 4.78 is 16.5. The lowest BCUT2D eigenvalue weighted by molar-refractivity contribution is -0.166. The molecule has 1 atom stereocenters. The number of unbranched alkanes of at least 4 members (excludes halogenated alkanes) is 6. The van der Waals surface area contributed by atoms with Crippen LogP contribution in [0, 0.1) is 0 Å². The summed E-state index contributed by atoms with van der Waals surface area (Å²) in [5.74, 6) is -1.16. The zero-order chi connectivity index (χ0) is 42.3. The largest absolute Gasteiger partial charge is 0.462 e. The van der Waals surface area contributed by atoms with Gasteiger partial charge in [-0.15, -0.1) is 0 Å². The van der Waals surface area contributed by atoms with E-state index in [2.05, 4.69) is 99.8 Å². The number of esters is 3. The summed E-state index contributed by atoms with van der Waals surface area (Å²) >= 11 is 0. The molecule has 0 heterocycles. The molecule has 0 aromatic rings. The molecule has 0 N–H and O–H groups in total. The molecule has 0 saturated carbocycles. The van der Waals surface area contributed by atoms with Gasteiger partial charge >= 0.3 is 17.9 Å². The topological polar surface area (TPSA) is 78.9 Å². The van der Waals surface area contributed by atoms with E-state index in [9.17, 15) is 14.4 Å². The fraction of sp³-hybridized carbons (Fsp3) is 0.481. The van der Waals surface area contributed by atoms with Crippen molar-refractivity contribution in [2.24, 2.45) is 0 Å². The van der Waals surface area contributed by atoms with Crippen LogP contribution in [0.5, 0.6) is 0 Å². The van der Waals surface area contributed by atoms with Crippen molar-refractivity contribution in [3.05, 3.63) is 146 Å². The lowest BCUT2D eigenvalue weighted by Crippen LogP contribution is -2.30. The number of rotatable bonds is 36. The molecular weight excluding hydrogens is 721 g/mol. The van der Waals surface area contributed by atoms with Crippen LogP contribution >= 0.6 is 0 Å². The number of allylic oxidation sites excluding steroid dienone is 24. The Hall–Kier alpha value is -4.71. The molecule has 0 saturated heterocycles. The Balaban J connectivity index is 4.69. The van der Waals surface area contributed by atoms with Crippen molar-refractivity contribution >= 4 is 17.9 Å². The van der Waals surface area contributed by atoms with Gasteiger partial charge in [0, 0.05) is 19.3 Å². The van der Waals surface area contributed by atoms with E-state index in [1.54, 1.807) is 0 Å². The van der Waals surface area contributed by atoms with Gasteiger partial charge in [-0.25, -0.2) is 0 Å². The predicted molar refractivity (Wildman–Crippen MR) is 246 cm³/mol. The number of hydrogen-bond acceptors (Lipinski definition) is 6. The van der Waals surface area contributed by atoms with Gasteiger partial charge in [0.05, 0.1) is 0 Å². The second kappa shape index (κ2) is 45.0. The molecule has 0 spiro atoms. The van der Waals surface area contributed by atoms with E-state index in [-0.39, 0.29) is 38.4 Å². The first-order valence-corrected chi connectivity index (χ1v) is 21.9. The Morgan fingerprint density at radius 2 is 0.810 bits per heavy atom. The van der Waals surface area contributed by atoms with Gasteiger partial charge in [-0.05, 0) is 83.5 Å². The molecule has 0 bridgehead atoms. The highest BCUT2D eigenvalue weighted by Gasteiger charge is 2.19. The SMILES string of the molecule is CC\C=C/C=C\C=C/C=C\C=C/CCCC(=O)OC(COC(=O)CC/C=C\C/C=C\C/C=C\C/C=C\C/C=C\CC)COC(=O)CCCCC/C=C\C=C/CCCC. The summed E-state index contributed by atoms with van der Waals surface area (Å²) in [7, 11) is 0. The summed E-state index contributed by atoms with van der Waals surface area (Å²) in [4.78, 5) is 37.6. The molecule has 58 heavy (non-hydrogen) atoms. The molecule has 0 aromatic carbocycles. The summed E-state index contributed by atoms with van der Waals surface area (Å²) in [6, 6.07) is 0. The molecule has 0 fully saturated rings. The van der Waals surface area contributed by atoms with Crippen LogP contribution in [0.1, 0.15) is 143 Å². The Morgan fingerprint density at radius 1 is 0.379 bits per heavy atom. The van der Waals surface area contributed by atoms with E-state index in [4.69, 9.17) is 14.2 Å². The third kappa shape index (κ3) is 42.4. The van der Waals surface area contributed by atoms with Gasteiger partial charge in [0.1, 0.15) is 13.2 Å². The zero-order valence-corrected chi connectivity index (χ0v) is 36.2. The van der Waals surface area contributed by atoms with Crippen LogP contribution in [0.3, 0.4) is 0 Å². The summed E-state index contributed by atoms with van der Waals surface area (Å²) in [6.07, 6.45) is 64.2. The molecule has 0 aliphatic rings. The Morgan fingerprint density at radius 3 is 1.36 bits per heavy atom. The fourth-order valence-corrected chi connectivity index (χ4v) is 4.97. The first kappa shape index (κ1) is 53.3. The van der Waals surface area contributed by atoms with Gasteiger partial charge in [-0.2, -0.15) is 0 Å². The van der Waals surface area contributed by atoms with E-state index >= 15 is 0 Å². The molecule has 6 nitrogen and oxygen atoms in total. The van der Waals surface area contributed by atoms with Crippen molar-refractivity contribution in [3.63, 3.8) is 0 Å². The number of carbonyl (C=O) groups is 3. The molecule has 0 amide bonds. The van der Waals surface area contributed by atoms with E-state index in [0.717, 1.165) is 70.6 Å². The molecular formula is C52H76O6. The van der Waals surface area contributed by atoms with E-state index in [1.807, 2.05) is 66.8 Å². The van der Waals surface area contributed by atoms with Crippen LogP contribution < -0.4 is 0 Å². The van der Waals surface area contributed by atoms with Crippen LogP contribution in [0.25, 0.3) is 0 Å². The Labute approximate surface area is 353 Å². The van der Waals surface area contributed by atoms with Crippen LogP contribution in [-0.4, -0.2) is 37.2 Å². The average molecular weight is 797 g/mol. The zero-order valence-electron chi connectivity index (χ0n) is 36.2. The lowest BCUT2D eigenvalue weighted by atomic mass is 10.1. The fourth-order valence-electron chi connectivity index (χ4n) is 4.97. The van der Waals surface area contributed by atoms with Gasteiger partial charge in [-0.3, -0.25) is 14.4 Å². The van der Waals surface area contributed by atoms with Crippen molar-refractivity contribution in [1.29, 1.82) is 0 Å². The maximum Gasteiger partial charge on any atom is 0.306 e. The van der Waals surface area contributed by atoms with Crippen molar-refractivity contribution < 1.29 is 28.6 Å². The number of ether oxygens (including phenoxy) is 3. The van der Waals surface area contributed by atoms with Gasteiger partial charge < -0.3 is 14.2 Å². The van der Waals surface area contributed by atoms with Gasteiger partial charge in [0.2, 0.25) is 0 Å². The Bertz CT molecular complexity index is 1380. The minimum atomic E-state index is -0.860. The minimum absolute atomic E-state index is 0.151. The molecule has 0 radical (unpaired) electrons. The highest BCUT2D eigenvalue weighted by Crippen LogP contribution is 2.09.